The second kappa shape index (κ2) is 6.77. The molecule has 21 heavy (non-hydrogen) atoms. The first-order chi connectivity index (χ1) is 9.60. The van der Waals surface area contributed by atoms with Gasteiger partial charge in [0.15, 0.2) is 0 Å². The zero-order valence-corrected chi connectivity index (χ0v) is 11.9. The van der Waals surface area contributed by atoms with Gasteiger partial charge in [-0.05, 0) is 6.42 Å². The molecule has 1 N–H and O–H groups in total. The van der Waals surface area contributed by atoms with Crippen LogP contribution >= 0.6 is 0 Å². The van der Waals surface area contributed by atoms with Crippen molar-refractivity contribution >= 4 is 17.7 Å². The van der Waals surface area contributed by atoms with Crippen LogP contribution in [0.1, 0.15) is 12.8 Å². The third-order valence-corrected chi connectivity index (χ3v) is 3.12. The maximum absolute atomic E-state index is 12.6. The van der Waals surface area contributed by atoms with E-state index in [9.17, 15) is 27.6 Å². The normalized spacial score (nSPS) is 18.9. The van der Waals surface area contributed by atoms with E-state index in [-0.39, 0.29) is 25.3 Å². The number of alkyl halides is 3. The number of nitrogens with one attached hydrogen (secondary N) is 1. The van der Waals surface area contributed by atoms with E-state index in [4.69, 9.17) is 0 Å². The SMILES string of the molecule is CN(C)C(=O)CN(CC(F)(F)F)C(=O)C1CCC(=O)NC1. The molecule has 1 fully saturated rings. The van der Waals surface area contributed by atoms with Gasteiger partial charge in [0.1, 0.15) is 13.1 Å². The van der Waals surface area contributed by atoms with Crippen molar-refractivity contribution in [1.82, 2.24) is 15.1 Å². The standard InChI is InChI=1S/C12H18F3N3O3/c1-17(2)10(20)6-18(7-12(13,14)15)11(21)8-3-4-9(19)16-5-8/h8H,3-7H2,1-2H3,(H,16,19). The van der Waals surface area contributed by atoms with E-state index >= 15 is 0 Å². The second-order valence-corrected chi connectivity index (χ2v) is 5.14. The molecule has 0 aromatic rings. The molecule has 0 bridgehead atoms. The molecule has 0 radical (unpaired) electrons. The van der Waals surface area contributed by atoms with Crippen LogP contribution in [0.4, 0.5) is 13.2 Å². The fourth-order valence-electron chi connectivity index (χ4n) is 1.93. The third-order valence-electron chi connectivity index (χ3n) is 3.12. The lowest BCUT2D eigenvalue weighted by molar-refractivity contribution is -0.167. The smallest absolute Gasteiger partial charge is 0.355 e. The molecule has 0 saturated carbocycles. The van der Waals surface area contributed by atoms with Gasteiger partial charge < -0.3 is 15.1 Å². The van der Waals surface area contributed by atoms with Crippen LogP contribution in [-0.2, 0) is 14.4 Å². The van der Waals surface area contributed by atoms with Crippen molar-refractivity contribution in [3.63, 3.8) is 0 Å². The Hall–Kier alpha value is -1.80. The minimum absolute atomic E-state index is 0.00216. The second-order valence-electron chi connectivity index (χ2n) is 5.14. The molecule has 1 unspecified atom stereocenters. The molecule has 0 aliphatic carbocycles. The van der Waals surface area contributed by atoms with Gasteiger partial charge >= 0.3 is 6.18 Å². The number of likely N-dealkylation sites (N-methyl/N-ethyl adjacent to an activating group) is 1. The van der Waals surface area contributed by atoms with Crippen molar-refractivity contribution in [1.29, 1.82) is 0 Å². The lowest BCUT2D eigenvalue weighted by Crippen LogP contribution is -2.50. The van der Waals surface area contributed by atoms with Crippen molar-refractivity contribution in [3.8, 4) is 0 Å². The van der Waals surface area contributed by atoms with E-state index < -0.39 is 37.0 Å². The van der Waals surface area contributed by atoms with Crippen molar-refractivity contribution in [2.24, 2.45) is 5.92 Å². The van der Waals surface area contributed by atoms with E-state index in [2.05, 4.69) is 5.32 Å². The fourth-order valence-corrected chi connectivity index (χ4v) is 1.93. The van der Waals surface area contributed by atoms with Gasteiger partial charge in [-0.3, -0.25) is 14.4 Å². The molecule has 1 atom stereocenters. The van der Waals surface area contributed by atoms with Crippen LogP contribution in [0.15, 0.2) is 0 Å². The minimum atomic E-state index is -4.58. The van der Waals surface area contributed by atoms with Crippen LogP contribution in [0.25, 0.3) is 0 Å². The number of amides is 3. The topological polar surface area (TPSA) is 69.7 Å². The highest BCUT2D eigenvalue weighted by molar-refractivity contribution is 5.87. The van der Waals surface area contributed by atoms with E-state index in [1.54, 1.807) is 0 Å². The number of rotatable bonds is 4. The minimum Gasteiger partial charge on any atom is -0.355 e. The summed E-state index contributed by atoms with van der Waals surface area (Å²) < 4.78 is 37.7. The van der Waals surface area contributed by atoms with Gasteiger partial charge in [-0.25, -0.2) is 0 Å². The quantitative estimate of drug-likeness (QED) is 0.794. The Morgan fingerprint density at radius 2 is 1.95 bits per heavy atom. The van der Waals surface area contributed by atoms with Gasteiger partial charge in [0, 0.05) is 27.1 Å². The van der Waals surface area contributed by atoms with Crippen molar-refractivity contribution < 1.29 is 27.6 Å². The maximum Gasteiger partial charge on any atom is 0.406 e. The molecule has 0 aromatic carbocycles. The molecule has 1 rings (SSSR count). The van der Waals surface area contributed by atoms with E-state index in [0.29, 0.717) is 4.90 Å². The number of hydrogen-bond acceptors (Lipinski definition) is 3. The van der Waals surface area contributed by atoms with Gasteiger partial charge in [0.25, 0.3) is 0 Å². The van der Waals surface area contributed by atoms with Crippen LogP contribution in [0, 0.1) is 5.92 Å². The molecule has 3 amide bonds. The van der Waals surface area contributed by atoms with Crippen LogP contribution in [0.2, 0.25) is 0 Å². The summed E-state index contributed by atoms with van der Waals surface area (Å²) in [6, 6.07) is 0. The number of halogens is 3. The monoisotopic (exact) mass is 309 g/mol. The molecular weight excluding hydrogens is 291 g/mol. The highest BCUT2D eigenvalue weighted by Crippen LogP contribution is 2.20. The molecule has 9 heteroatoms. The lowest BCUT2D eigenvalue weighted by atomic mass is 9.97. The summed E-state index contributed by atoms with van der Waals surface area (Å²) in [5, 5.41) is 2.44. The average Bonchev–Trinajstić information content (AvgIpc) is 2.36. The van der Waals surface area contributed by atoms with Crippen molar-refractivity contribution in [3.05, 3.63) is 0 Å². The van der Waals surface area contributed by atoms with Crippen molar-refractivity contribution in [2.75, 3.05) is 33.7 Å². The molecule has 6 nitrogen and oxygen atoms in total. The van der Waals surface area contributed by atoms with Crippen LogP contribution in [-0.4, -0.2) is 67.4 Å². The number of carbonyl (C=O) groups is 3. The summed E-state index contributed by atoms with van der Waals surface area (Å²) in [5.41, 5.74) is 0. The van der Waals surface area contributed by atoms with Crippen LogP contribution in [0.3, 0.4) is 0 Å². The highest BCUT2D eigenvalue weighted by atomic mass is 19.4. The third kappa shape index (κ3) is 5.60. The predicted molar refractivity (Wildman–Crippen MR) is 67.1 cm³/mol. The summed E-state index contributed by atoms with van der Waals surface area (Å²) in [5.74, 6) is -2.30. The van der Waals surface area contributed by atoms with Gasteiger partial charge in [0.05, 0.1) is 5.92 Å². The first-order valence-corrected chi connectivity index (χ1v) is 6.42. The molecule has 120 valence electrons. The van der Waals surface area contributed by atoms with Crippen LogP contribution < -0.4 is 5.32 Å². The zero-order valence-electron chi connectivity index (χ0n) is 11.9. The predicted octanol–water partition coefficient (Wildman–Crippen LogP) is -0.00830. The molecular formula is C12H18F3N3O3. The van der Waals surface area contributed by atoms with E-state index in [1.165, 1.54) is 14.1 Å². The van der Waals surface area contributed by atoms with Gasteiger partial charge in [-0.15, -0.1) is 0 Å². The summed E-state index contributed by atoms with van der Waals surface area (Å²) in [7, 11) is 2.80. The lowest BCUT2D eigenvalue weighted by Gasteiger charge is -2.30. The number of nitrogens with zero attached hydrogens (tertiary/aromatic N) is 2. The molecule has 1 saturated heterocycles. The highest BCUT2D eigenvalue weighted by Gasteiger charge is 2.37. The molecule has 1 aliphatic heterocycles. The number of hydrogen-bond donors (Lipinski definition) is 1. The Bertz CT molecular complexity index is 414. The molecule has 0 aromatic heterocycles. The number of piperidine rings is 1. The van der Waals surface area contributed by atoms with Gasteiger partial charge in [-0.2, -0.15) is 13.2 Å². The van der Waals surface area contributed by atoms with Gasteiger partial charge in [0.2, 0.25) is 17.7 Å². The zero-order chi connectivity index (χ0) is 16.2. The summed E-state index contributed by atoms with van der Waals surface area (Å²) >= 11 is 0. The average molecular weight is 309 g/mol. The first kappa shape index (κ1) is 17.3. The number of carbonyl (C=O) groups excluding carboxylic acids is 3. The van der Waals surface area contributed by atoms with Crippen LogP contribution in [0.5, 0.6) is 0 Å². The summed E-state index contributed by atoms with van der Waals surface area (Å²) in [6.07, 6.45) is -4.30. The summed E-state index contributed by atoms with van der Waals surface area (Å²) in [4.78, 5) is 36.4. The molecule has 0 spiro atoms. The summed E-state index contributed by atoms with van der Waals surface area (Å²) in [6.45, 7) is -2.10. The fraction of sp³-hybridized carbons (Fsp3) is 0.750. The molecule has 1 heterocycles. The largest absolute Gasteiger partial charge is 0.406 e. The first-order valence-electron chi connectivity index (χ1n) is 6.42. The van der Waals surface area contributed by atoms with Crippen molar-refractivity contribution in [2.45, 2.75) is 19.0 Å². The Labute approximate surface area is 120 Å². The Morgan fingerprint density at radius 1 is 1.33 bits per heavy atom. The Morgan fingerprint density at radius 3 is 2.38 bits per heavy atom. The maximum atomic E-state index is 12.6. The Kier molecular flexibility index (Phi) is 5.56. The molecule has 1 aliphatic rings. The Balaban J connectivity index is 2.77. The van der Waals surface area contributed by atoms with E-state index in [0.717, 1.165) is 4.90 Å². The van der Waals surface area contributed by atoms with Gasteiger partial charge in [-0.1, -0.05) is 0 Å². The van der Waals surface area contributed by atoms with E-state index in [1.807, 2.05) is 0 Å².